The molecule has 0 N–H and O–H groups in total. The van der Waals surface area contributed by atoms with Gasteiger partial charge >= 0.3 is 5.97 Å². The Morgan fingerprint density at radius 3 is 1.93 bits per heavy atom. The average molecular weight is 381 g/mol. The van der Waals surface area contributed by atoms with Crippen molar-refractivity contribution in [3.8, 4) is 0 Å². The summed E-state index contributed by atoms with van der Waals surface area (Å²) in [6, 6.07) is 0. The third-order valence-corrected chi connectivity index (χ3v) is 7.59. The minimum absolute atomic E-state index is 0.0336. The highest BCUT2D eigenvalue weighted by Crippen LogP contribution is 2.48. The number of carbonyl (C=O) groups excluding carboxylic acids is 1. The van der Waals surface area contributed by atoms with Crippen molar-refractivity contribution < 1.29 is 9.53 Å². The summed E-state index contributed by atoms with van der Waals surface area (Å²) < 4.78 is 6.32. The van der Waals surface area contributed by atoms with E-state index in [-0.39, 0.29) is 23.4 Å². The first-order valence-corrected chi connectivity index (χ1v) is 11.3. The molecule has 1 saturated carbocycles. The zero-order valence-electron chi connectivity index (χ0n) is 20.2. The second-order valence-electron chi connectivity index (χ2n) is 12.1. The molecule has 0 amide bonds. The lowest BCUT2D eigenvalue weighted by molar-refractivity contribution is -0.174. The molecular formula is C25H48O2. The lowest BCUT2D eigenvalue weighted by atomic mass is 9.62. The number of ether oxygens (including phenoxy) is 1. The molecule has 1 aliphatic rings. The van der Waals surface area contributed by atoms with Crippen LogP contribution in [0.5, 0.6) is 0 Å². The number of rotatable bonds is 6. The van der Waals surface area contributed by atoms with Gasteiger partial charge in [0.15, 0.2) is 0 Å². The van der Waals surface area contributed by atoms with Crippen LogP contribution in [0.25, 0.3) is 0 Å². The minimum Gasteiger partial charge on any atom is -0.462 e. The molecule has 0 heterocycles. The molecule has 5 atom stereocenters. The predicted octanol–water partition coefficient (Wildman–Crippen LogP) is 7.51. The molecular weight excluding hydrogens is 332 g/mol. The van der Waals surface area contributed by atoms with E-state index in [1.807, 2.05) is 0 Å². The largest absolute Gasteiger partial charge is 0.462 e. The van der Waals surface area contributed by atoms with Crippen LogP contribution in [0.1, 0.15) is 108 Å². The highest BCUT2D eigenvalue weighted by Gasteiger charge is 2.46. The summed E-state index contributed by atoms with van der Waals surface area (Å²) in [4.78, 5) is 13.4. The maximum atomic E-state index is 13.4. The number of hydrogen-bond donors (Lipinski definition) is 0. The van der Waals surface area contributed by atoms with E-state index < -0.39 is 5.41 Å². The van der Waals surface area contributed by atoms with Crippen LogP contribution in [0.15, 0.2) is 0 Å². The molecule has 1 aliphatic carbocycles. The van der Waals surface area contributed by atoms with Crippen LogP contribution >= 0.6 is 0 Å². The van der Waals surface area contributed by atoms with Gasteiger partial charge in [-0.25, -0.2) is 0 Å². The normalized spacial score (nSPS) is 27.9. The first-order valence-electron chi connectivity index (χ1n) is 11.3. The second-order valence-corrected chi connectivity index (χ2v) is 12.1. The molecule has 0 saturated heterocycles. The Labute approximate surface area is 170 Å². The average Bonchev–Trinajstić information content (AvgIpc) is 2.52. The topological polar surface area (TPSA) is 26.3 Å². The van der Waals surface area contributed by atoms with Crippen molar-refractivity contribution in [1.29, 1.82) is 0 Å². The van der Waals surface area contributed by atoms with Gasteiger partial charge in [-0.2, -0.15) is 0 Å². The molecule has 4 unspecified atom stereocenters. The van der Waals surface area contributed by atoms with Crippen LogP contribution in [-0.2, 0) is 9.53 Å². The summed E-state index contributed by atoms with van der Waals surface area (Å²) in [5.41, 5.74) is 0.0834. The van der Waals surface area contributed by atoms with Crippen molar-refractivity contribution in [2.24, 2.45) is 39.9 Å². The van der Waals surface area contributed by atoms with E-state index >= 15 is 0 Å². The Morgan fingerprint density at radius 1 is 0.963 bits per heavy atom. The summed E-state index contributed by atoms with van der Waals surface area (Å²) in [5.74, 6) is 2.00. The third-order valence-electron chi connectivity index (χ3n) is 7.59. The van der Waals surface area contributed by atoms with E-state index in [0.29, 0.717) is 23.2 Å². The van der Waals surface area contributed by atoms with Gasteiger partial charge in [0, 0.05) is 5.92 Å². The van der Waals surface area contributed by atoms with E-state index in [0.717, 1.165) is 32.1 Å². The number of carbonyl (C=O) groups is 1. The van der Waals surface area contributed by atoms with Crippen molar-refractivity contribution in [2.45, 2.75) is 114 Å². The van der Waals surface area contributed by atoms with Crippen molar-refractivity contribution in [2.75, 3.05) is 0 Å². The van der Waals surface area contributed by atoms with Crippen LogP contribution in [-0.4, -0.2) is 12.1 Å². The van der Waals surface area contributed by atoms with Crippen LogP contribution in [0.4, 0.5) is 0 Å². The molecule has 0 bridgehead atoms. The molecule has 27 heavy (non-hydrogen) atoms. The maximum absolute atomic E-state index is 13.4. The van der Waals surface area contributed by atoms with E-state index in [1.165, 1.54) is 0 Å². The van der Waals surface area contributed by atoms with Gasteiger partial charge in [0.1, 0.15) is 6.10 Å². The second kappa shape index (κ2) is 8.87. The molecule has 160 valence electrons. The first kappa shape index (κ1) is 24.5. The van der Waals surface area contributed by atoms with Gasteiger partial charge in [-0.3, -0.25) is 4.79 Å². The third kappa shape index (κ3) is 6.23. The van der Waals surface area contributed by atoms with Gasteiger partial charge in [0.2, 0.25) is 0 Å². The predicted molar refractivity (Wildman–Crippen MR) is 117 cm³/mol. The fourth-order valence-corrected chi connectivity index (χ4v) is 4.68. The fraction of sp³-hybridized carbons (Fsp3) is 0.960. The highest BCUT2D eigenvalue weighted by atomic mass is 16.5. The van der Waals surface area contributed by atoms with E-state index in [2.05, 4.69) is 76.2 Å². The Hall–Kier alpha value is -0.530. The van der Waals surface area contributed by atoms with Gasteiger partial charge in [0.05, 0.1) is 5.41 Å². The lowest BCUT2D eigenvalue weighted by Gasteiger charge is -2.47. The van der Waals surface area contributed by atoms with Crippen LogP contribution in [0.2, 0.25) is 0 Å². The molecule has 0 aromatic carbocycles. The van der Waals surface area contributed by atoms with Gasteiger partial charge in [0.25, 0.3) is 0 Å². The lowest BCUT2D eigenvalue weighted by Crippen LogP contribution is -2.46. The summed E-state index contributed by atoms with van der Waals surface area (Å²) in [5, 5.41) is 0. The quantitative estimate of drug-likeness (QED) is 0.446. The molecule has 0 aromatic rings. The van der Waals surface area contributed by atoms with Crippen LogP contribution in [0, 0.1) is 39.9 Å². The molecule has 0 aliphatic heterocycles. The van der Waals surface area contributed by atoms with Crippen LogP contribution < -0.4 is 0 Å². The van der Waals surface area contributed by atoms with E-state index in [4.69, 9.17) is 4.74 Å². The minimum atomic E-state index is -0.390. The van der Waals surface area contributed by atoms with Crippen molar-refractivity contribution in [3.63, 3.8) is 0 Å². The van der Waals surface area contributed by atoms with Gasteiger partial charge in [-0.05, 0) is 61.2 Å². The number of esters is 1. The fourth-order valence-electron chi connectivity index (χ4n) is 4.68. The van der Waals surface area contributed by atoms with E-state index in [1.54, 1.807) is 0 Å². The molecule has 1 rings (SSSR count). The molecule has 0 aromatic heterocycles. The first-order chi connectivity index (χ1) is 12.1. The van der Waals surface area contributed by atoms with Gasteiger partial charge in [-0.1, -0.05) is 75.7 Å². The molecule has 2 heteroatoms. The standard InChI is InChI=1S/C25H48O2/c1-12-18(4)16-25(11,17(2)3)22(26)27-21-14-13-19(23(5,6)7)15-20(21)24(8,9)10/h17-21H,12-16H2,1-11H3/t18?,19-,20?,21?,25?/m0/s1. The summed E-state index contributed by atoms with van der Waals surface area (Å²) in [6.45, 7) is 24.9. The van der Waals surface area contributed by atoms with Gasteiger partial charge < -0.3 is 4.74 Å². The monoisotopic (exact) mass is 380 g/mol. The SMILES string of the molecule is CCC(C)CC(C)(C(=O)OC1CC[C@H](C(C)(C)C)CC1C(C)(C)C)C(C)C. The van der Waals surface area contributed by atoms with E-state index in [9.17, 15) is 4.79 Å². The summed E-state index contributed by atoms with van der Waals surface area (Å²) in [6.07, 6.45) is 5.42. The van der Waals surface area contributed by atoms with Gasteiger partial charge in [-0.15, -0.1) is 0 Å². The Balaban J connectivity index is 3.01. The van der Waals surface area contributed by atoms with Crippen LogP contribution in [0.3, 0.4) is 0 Å². The Morgan fingerprint density at radius 2 is 1.52 bits per heavy atom. The van der Waals surface area contributed by atoms with Crippen molar-refractivity contribution in [1.82, 2.24) is 0 Å². The summed E-state index contributed by atoms with van der Waals surface area (Å²) in [7, 11) is 0. The van der Waals surface area contributed by atoms with Crippen molar-refractivity contribution >= 4 is 5.97 Å². The maximum Gasteiger partial charge on any atom is 0.312 e. The van der Waals surface area contributed by atoms with Crippen molar-refractivity contribution in [3.05, 3.63) is 0 Å². The molecule has 2 nitrogen and oxygen atoms in total. The Kier molecular flexibility index (Phi) is 8.05. The Bertz CT molecular complexity index is 480. The zero-order valence-corrected chi connectivity index (χ0v) is 20.2. The zero-order chi connectivity index (χ0) is 21.2. The smallest absolute Gasteiger partial charge is 0.312 e. The molecule has 0 radical (unpaired) electrons. The highest BCUT2D eigenvalue weighted by molar-refractivity contribution is 5.77. The number of hydrogen-bond acceptors (Lipinski definition) is 2. The molecule has 0 spiro atoms. The molecule has 1 fully saturated rings. The summed E-state index contributed by atoms with van der Waals surface area (Å²) >= 11 is 0.